The van der Waals surface area contributed by atoms with Gasteiger partial charge in [0.1, 0.15) is 5.82 Å². The van der Waals surface area contributed by atoms with E-state index in [1.807, 2.05) is 67.6 Å². The molecule has 0 fully saturated rings. The Balaban J connectivity index is 1.95. The number of benzene rings is 2. The molecule has 0 aliphatic heterocycles. The first-order valence-corrected chi connectivity index (χ1v) is 7.84. The maximum Gasteiger partial charge on any atom is 0.327 e. The minimum absolute atomic E-state index is 0.0434. The summed E-state index contributed by atoms with van der Waals surface area (Å²) in [6.45, 7) is 1.99. The van der Waals surface area contributed by atoms with Gasteiger partial charge in [0, 0.05) is 12.5 Å². The van der Waals surface area contributed by atoms with E-state index in [4.69, 9.17) is 0 Å². The molecule has 1 aromatic heterocycles. The van der Waals surface area contributed by atoms with E-state index >= 15 is 0 Å². The van der Waals surface area contributed by atoms with Crippen LogP contribution in [-0.4, -0.2) is 9.97 Å². The molecule has 3 aromatic rings. The first kappa shape index (κ1) is 15.8. The van der Waals surface area contributed by atoms with Gasteiger partial charge in [-0.1, -0.05) is 60.7 Å². The van der Waals surface area contributed by atoms with Gasteiger partial charge in [0.05, 0.1) is 5.56 Å². The summed E-state index contributed by atoms with van der Waals surface area (Å²) in [7, 11) is 0. The molecular formula is C19H19N3O2. The van der Waals surface area contributed by atoms with E-state index in [1.54, 1.807) is 0 Å². The van der Waals surface area contributed by atoms with Gasteiger partial charge in [0.25, 0.3) is 5.56 Å². The van der Waals surface area contributed by atoms with Gasteiger partial charge in [0.15, 0.2) is 0 Å². The van der Waals surface area contributed by atoms with Crippen molar-refractivity contribution in [1.82, 2.24) is 9.97 Å². The number of anilines is 1. The third-order valence-corrected chi connectivity index (χ3v) is 3.93. The highest BCUT2D eigenvalue weighted by Crippen LogP contribution is 2.19. The molecule has 3 N–H and O–H groups in total. The molecule has 0 aliphatic rings. The molecule has 5 heteroatoms. The maximum atomic E-state index is 12.3. The van der Waals surface area contributed by atoms with Crippen LogP contribution in [0.5, 0.6) is 0 Å². The number of nitrogens with one attached hydrogen (secondary N) is 3. The second-order valence-electron chi connectivity index (χ2n) is 5.70. The largest absolute Gasteiger partial charge is 0.365 e. The maximum absolute atomic E-state index is 12.3. The lowest BCUT2D eigenvalue weighted by atomic mass is 10.1. The number of aromatic nitrogens is 2. The van der Waals surface area contributed by atoms with Crippen LogP contribution in [0.1, 0.15) is 29.7 Å². The van der Waals surface area contributed by atoms with Crippen molar-refractivity contribution < 1.29 is 0 Å². The summed E-state index contributed by atoms with van der Waals surface area (Å²) < 4.78 is 0. The molecule has 5 nitrogen and oxygen atoms in total. The highest BCUT2D eigenvalue weighted by Gasteiger charge is 2.13. The fraction of sp³-hybridized carbons (Fsp3) is 0.158. The van der Waals surface area contributed by atoms with Gasteiger partial charge < -0.3 is 5.32 Å². The standard InChI is InChI=1S/C19H19N3O2/c1-13(15-10-6-3-7-11-15)20-17-16(18(23)22-19(24)21-17)12-14-8-4-2-5-9-14/h2-11,13H,12H2,1H3,(H3,20,21,22,23,24). The average Bonchev–Trinajstić information content (AvgIpc) is 2.59. The molecule has 122 valence electrons. The summed E-state index contributed by atoms with van der Waals surface area (Å²) in [5, 5.41) is 3.25. The summed E-state index contributed by atoms with van der Waals surface area (Å²) >= 11 is 0. The second-order valence-corrected chi connectivity index (χ2v) is 5.70. The molecule has 3 rings (SSSR count). The van der Waals surface area contributed by atoms with E-state index in [2.05, 4.69) is 15.3 Å². The number of H-pyrrole nitrogens is 2. The third-order valence-electron chi connectivity index (χ3n) is 3.93. The average molecular weight is 321 g/mol. The first-order chi connectivity index (χ1) is 11.6. The van der Waals surface area contributed by atoms with Crippen LogP contribution in [0.25, 0.3) is 0 Å². The van der Waals surface area contributed by atoms with Crippen molar-refractivity contribution >= 4 is 5.82 Å². The van der Waals surface area contributed by atoms with Gasteiger partial charge in [-0.25, -0.2) is 4.79 Å². The van der Waals surface area contributed by atoms with Crippen molar-refractivity contribution in [3.05, 3.63) is 98.2 Å². The summed E-state index contributed by atoms with van der Waals surface area (Å²) in [6.07, 6.45) is 0.441. The topological polar surface area (TPSA) is 77.8 Å². The zero-order chi connectivity index (χ0) is 16.9. The molecule has 1 heterocycles. The fourth-order valence-corrected chi connectivity index (χ4v) is 2.65. The van der Waals surface area contributed by atoms with Crippen molar-refractivity contribution in [2.75, 3.05) is 5.32 Å². The Kier molecular flexibility index (Phi) is 4.61. The molecule has 24 heavy (non-hydrogen) atoms. The smallest absolute Gasteiger partial charge is 0.327 e. The van der Waals surface area contributed by atoms with Crippen molar-refractivity contribution in [2.24, 2.45) is 0 Å². The normalized spacial score (nSPS) is 11.9. The van der Waals surface area contributed by atoms with Crippen LogP contribution in [0, 0.1) is 0 Å². The van der Waals surface area contributed by atoms with Crippen LogP contribution in [0.4, 0.5) is 5.82 Å². The highest BCUT2D eigenvalue weighted by atomic mass is 16.2. The van der Waals surface area contributed by atoms with E-state index in [9.17, 15) is 9.59 Å². The Bertz CT molecular complexity index is 915. The molecule has 0 spiro atoms. The van der Waals surface area contributed by atoms with Crippen LogP contribution < -0.4 is 16.6 Å². The lowest BCUT2D eigenvalue weighted by Gasteiger charge is -2.17. The molecular weight excluding hydrogens is 302 g/mol. The Morgan fingerprint density at radius 1 is 0.917 bits per heavy atom. The lowest BCUT2D eigenvalue weighted by molar-refractivity contribution is 0.853. The molecule has 1 atom stereocenters. The number of rotatable bonds is 5. The molecule has 0 saturated heterocycles. The molecule has 0 amide bonds. The molecule has 1 unspecified atom stereocenters. The monoisotopic (exact) mass is 321 g/mol. The van der Waals surface area contributed by atoms with E-state index in [0.717, 1.165) is 11.1 Å². The highest BCUT2D eigenvalue weighted by molar-refractivity contribution is 5.46. The molecule has 0 radical (unpaired) electrons. The van der Waals surface area contributed by atoms with Gasteiger partial charge >= 0.3 is 5.69 Å². The Hall–Kier alpha value is -3.08. The van der Waals surface area contributed by atoms with E-state index in [-0.39, 0.29) is 11.6 Å². The Labute approximate surface area is 139 Å². The van der Waals surface area contributed by atoms with E-state index in [1.165, 1.54) is 0 Å². The lowest BCUT2D eigenvalue weighted by Crippen LogP contribution is -2.28. The van der Waals surface area contributed by atoms with Crippen molar-refractivity contribution in [1.29, 1.82) is 0 Å². The molecule has 0 saturated carbocycles. The third kappa shape index (κ3) is 3.63. The van der Waals surface area contributed by atoms with E-state index < -0.39 is 5.69 Å². The molecule has 2 aromatic carbocycles. The summed E-state index contributed by atoms with van der Waals surface area (Å²) in [4.78, 5) is 29.0. The summed E-state index contributed by atoms with van der Waals surface area (Å²) in [5.41, 5.74) is 1.71. The van der Waals surface area contributed by atoms with Crippen LogP contribution in [0.2, 0.25) is 0 Å². The minimum atomic E-state index is -0.514. The quantitative estimate of drug-likeness (QED) is 0.676. The SMILES string of the molecule is CC(Nc1[nH]c(=O)[nH]c(=O)c1Cc1ccccc1)c1ccccc1. The number of hydrogen-bond acceptors (Lipinski definition) is 3. The number of aromatic amines is 2. The van der Waals surface area contributed by atoms with Crippen molar-refractivity contribution in [3.8, 4) is 0 Å². The summed E-state index contributed by atoms with van der Waals surface area (Å²) in [6, 6.07) is 19.5. The predicted molar refractivity (Wildman–Crippen MR) is 95.4 cm³/mol. The van der Waals surface area contributed by atoms with Gasteiger partial charge in [-0.2, -0.15) is 0 Å². The molecule has 0 bridgehead atoms. The second kappa shape index (κ2) is 7.00. The van der Waals surface area contributed by atoms with Gasteiger partial charge in [-0.15, -0.1) is 0 Å². The van der Waals surface area contributed by atoms with Crippen LogP contribution in [0.15, 0.2) is 70.3 Å². The van der Waals surface area contributed by atoms with Gasteiger partial charge in [-0.05, 0) is 18.1 Å². The Morgan fingerprint density at radius 3 is 2.21 bits per heavy atom. The predicted octanol–water partition coefficient (Wildman–Crippen LogP) is 2.83. The van der Waals surface area contributed by atoms with E-state index in [0.29, 0.717) is 17.8 Å². The zero-order valence-corrected chi connectivity index (χ0v) is 13.4. The van der Waals surface area contributed by atoms with Crippen LogP contribution in [-0.2, 0) is 6.42 Å². The Morgan fingerprint density at radius 2 is 1.54 bits per heavy atom. The fourth-order valence-electron chi connectivity index (χ4n) is 2.65. The first-order valence-electron chi connectivity index (χ1n) is 7.84. The van der Waals surface area contributed by atoms with Crippen LogP contribution in [0.3, 0.4) is 0 Å². The van der Waals surface area contributed by atoms with Crippen LogP contribution >= 0.6 is 0 Å². The van der Waals surface area contributed by atoms with Gasteiger partial charge in [-0.3, -0.25) is 14.8 Å². The number of hydrogen-bond donors (Lipinski definition) is 3. The summed E-state index contributed by atoms with van der Waals surface area (Å²) in [5.74, 6) is 0.462. The van der Waals surface area contributed by atoms with Crippen molar-refractivity contribution in [3.63, 3.8) is 0 Å². The zero-order valence-electron chi connectivity index (χ0n) is 13.4. The van der Waals surface area contributed by atoms with Crippen molar-refractivity contribution in [2.45, 2.75) is 19.4 Å². The minimum Gasteiger partial charge on any atom is -0.365 e. The van der Waals surface area contributed by atoms with Gasteiger partial charge in [0.2, 0.25) is 0 Å². The molecule has 0 aliphatic carbocycles.